The molecule has 5 atom stereocenters. The van der Waals surface area contributed by atoms with Crippen molar-refractivity contribution in [2.75, 3.05) is 0 Å². The molecule has 2 aliphatic heterocycles. The van der Waals surface area contributed by atoms with Gasteiger partial charge in [0, 0.05) is 52.4 Å². The van der Waals surface area contributed by atoms with Gasteiger partial charge in [0.2, 0.25) is 0 Å². The summed E-state index contributed by atoms with van der Waals surface area (Å²) in [6.07, 6.45) is -7.36. The van der Waals surface area contributed by atoms with Crippen LogP contribution in [-0.2, 0) is 15.9 Å². The van der Waals surface area contributed by atoms with E-state index in [0.29, 0.717) is 0 Å². The van der Waals surface area contributed by atoms with Gasteiger partial charge in [-0.05, 0) is 48.5 Å². The normalized spacial score (nSPS) is 18.6. The lowest BCUT2D eigenvalue weighted by atomic mass is 9.77. The Bertz CT molecular complexity index is 2890. The first-order chi connectivity index (χ1) is 30.7. The molecule has 0 spiro atoms. The second-order valence-corrected chi connectivity index (χ2v) is 15.0. The summed E-state index contributed by atoms with van der Waals surface area (Å²) in [5.41, 5.74) is -2.33. The Morgan fingerprint density at radius 2 is 0.969 bits per heavy atom. The van der Waals surface area contributed by atoms with Gasteiger partial charge in [-0.2, -0.15) is 0 Å². The number of fused-ring (bicyclic) bond motifs is 2. The van der Waals surface area contributed by atoms with E-state index in [1.54, 1.807) is 0 Å². The van der Waals surface area contributed by atoms with E-state index in [-0.39, 0.29) is 28.0 Å². The molecule has 336 valence electrons. The topological polar surface area (TPSA) is 375 Å². The summed E-state index contributed by atoms with van der Waals surface area (Å²) in [5.74, 6) is -17.8. The summed E-state index contributed by atoms with van der Waals surface area (Å²) in [6, 6.07) is 10.8. The van der Waals surface area contributed by atoms with Gasteiger partial charge in [-0.15, -0.1) is 0 Å². The number of phenolic OH excluding ortho intramolecular Hbond substituents is 15. The van der Waals surface area contributed by atoms with Crippen LogP contribution in [0.15, 0.2) is 72.8 Å². The predicted molar refractivity (Wildman–Crippen MR) is 214 cm³/mol. The Morgan fingerprint density at radius 1 is 0.462 bits per heavy atom. The van der Waals surface area contributed by atoms with Gasteiger partial charge in [0.1, 0.15) is 40.6 Å². The average Bonchev–Trinajstić information content (AvgIpc) is 3.24. The van der Waals surface area contributed by atoms with Gasteiger partial charge in [-0.25, -0.2) is 9.59 Å². The quantitative estimate of drug-likeness (QED) is 0.0764. The second-order valence-electron chi connectivity index (χ2n) is 15.0. The summed E-state index contributed by atoms with van der Waals surface area (Å²) in [5, 5.41) is 158. The van der Waals surface area contributed by atoms with Crippen molar-refractivity contribution in [1.82, 2.24) is 0 Å². The van der Waals surface area contributed by atoms with Crippen LogP contribution in [0.25, 0.3) is 0 Å². The lowest BCUT2D eigenvalue weighted by molar-refractivity contribution is -0.0303. The van der Waals surface area contributed by atoms with Crippen molar-refractivity contribution in [3.63, 3.8) is 0 Å². The van der Waals surface area contributed by atoms with E-state index in [1.165, 1.54) is 6.07 Å². The molecule has 0 amide bonds. The average molecular weight is 899 g/mol. The number of hydrogen-bond acceptors (Lipinski definition) is 21. The van der Waals surface area contributed by atoms with Crippen LogP contribution in [0, 0.1) is 0 Å². The van der Waals surface area contributed by atoms with Crippen molar-refractivity contribution in [3.05, 3.63) is 112 Å². The first kappa shape index (κ1) is 42.5. The molecule has 2 heterocycles. The molecule has 6 aromatic rings. The van der Waals surface area contributed by atoms with Crippen molar-refractivity contribution in [3.8, 4) is 97.7 Å². The number of ether oxygens (including phenoxy) is 4. The standard InChI is InChI=1S/C44H34O21/c45-18-10-23(49)33-31(11-18)62-40(15-4-25(51)36(57)26(52)5-15)42(65-44(61)17-8-29(55)38(59)30(56)9-17)35(33)34-24(50)13-21(47)19-12-32(63-43(60)16-6-27(53)37(58)28(54)7-16)39(64-41(19)34)14-1-2-20(46)22(48)3-14/h1-11,13,32,35,39-40,42,45-59H,12H2/t32-,35+,39-,40+,42+/m0/s1. The largest absolute Gasteiger partial charge is 0.508 e. The SMILES string of the molecule is O=C(O[C@@H]1[C@@H](c2c(O)cc(O)c3c2O[C@@H](c2ccc(O)c(O)c2)[C@@H](OC(=O)c2cc(O)c(O)c(O)c2)C3)c2c(O)cc(O)cc2O[C@@H]1c1cc(O)c(O)c(O)c1)c1cc(O)c(O)c(O)c1. The maximum atomic E-state index is 14.1. The molecule has 0 radical (unpaired) electrons. The maximum absolute atomic E-state index is 14.1. The fraction of sp³-hybridized carbons (Fsp3) is 0.136. The molecular formula is C44H34O21. The van der Waals surface area contributed by atoms with Gasteiger partial charge in [-0.3, -0.25) is 0 Å². The van der Waals surface area contributed by atoms with Crippen LogP contribution in [0.1, 0.15) is 66.7 Å². The van der Waals surface area contributed by atoms with E-state index in [1.807, 2.05) is 0 Å². The molecule has 21 nitrogen and oxygen atoms in total. The van der Waals surface area contributed by atoms with Gasteiger partial charge in [0.05, 0.1) is 17.0 Å². The molecule has 6 aromatic carbocycles. The molecule has 0 saturated heterocycles. The van der Waals surface area contributed by atoms with Crippen molar-refractivity contribution in [1.29, 1.82) is 0 Å². The Kier molecular flexibility index (Phi) is 10.2. The van der Waals surface area contributed by atoms with Crippen LogP contribution in [0.4, 0.5) is 0 Å². The number of esters is 2. The second kappa shape index (κ2) is 15.6. The molecule has 0 unspecified atom stereocenters. The van der Waals surface area contributed by atoms with Crippen LogP contribution < -0.4 is 9.47 Å². The molecule has 0 saturated carbocycles. The molecular weight excluding hydrogens is 864 g/mol. The number of aromatic hydroxyl groups is 15. The predicted octanol–water partition coefficient (Wildman–Crippen LogP) is 4.66. The van der Waals surface area contributed by atoms with Gasteiger partial charge in [0.25, 0.3) is 0 Å². The summed E-state index contributed by atoms with van der Waals surface area (Å²) in [4.78, 5) is 27.7. The van der Waals surface area contributed by atoms with E-state index in [4.69, 9.17) is 18.9 Å². The van der Waals surface area contributed by atoms with E-state index >= 15 is 0 Å². The Labute approximate surface area is 362 Å². The number of benzene rings is 6. The third-order valence-electron chi connectivity index (χ3n) is 10.8. The molecule has 0 fully saturated rings. The highest BCUT2D eigenvalue weighted by Crippen LogP contribution is 2.59. The van der Waals surface area contributed by atoms with Gasteiger partial charge in [-0.1, -0.05) is 6.07 Å². The zero-order valence-electron chi connectivity index (χ0n) is 32.7. The minimum Gasteiger partial charge on any atom is -0.508 e. The third kappa shape index (κ3) is 7.41. The molecule has 15 N–H and O–H groups in total. The fourth-order valence-electron chi connectivity index (χ4n) is 7.81. The van der Waals surface area contributed by atoms with Crippen LogP contribution in [0.3, 0.4) is 0 Å². The monoisotopic (exact) mass is 898 g/mol. The molecule has 21 heteroatoms. The van der Waals surface area contributed by atoms with E-state index in [2.05, 4.69) is 0 Å². The number of rotatable bonds is 7. The van der Waals surface area contributed by atoms with Crippen LogP contribution >= 0.6 is 0 Å². The van der Waals surface area contributed by atoms with Crippen molar-refractivity contribution >= 4 is 11.9 Å². The van der Waals surface area contributed by atoms with Crippen molar-refractivity contribution in [2.24, 2.45) is 0 Å². The van der Waals surface area contributed by atoms with E-state index < -0.39 is 157 Å². The highest BCUT2D eigenvalue weighted by molar-refractivity contribution is 5.92. The fourth-order valence-corrected chi connectivity index (χ4v) is 7.81. The summed E-state index contributed by atoms with van der Waals surface area (Å²) < 4.78 is 24.4. The minimum atomic E-state index is -1.96. The first-order valence-electron chi connectivity index (χ1n) is 18.9. The number of phenols is 15. The van der Waals surface area contributed by atoms with Gasteiger partial charge < -0.3 is 95.5 Å². The van der Waals surface area contributed by atoms with Crippen LogP contribution in [-0.4, -0.2) is 101 Å². The van der Waals surface area contributed by atoms with Gasteiger partial charge in [0.15, 0.2) is 81.6 Å². The zero-order valence-corrected chi connectivity index (χ0v) is 32.7. The molecule has 0 bridgehead atoms. The first-order valence-corrected chi connectivity index (χ1v) is 18.9. The van der Waals surface area contributed by atoms with Crippen LogP contribution in [0.2, 0.25) is 0 Å². The summed E-state index contributed by atoms with van der Waals surface area (Å²) in [7, 11) is 0. The zero-order chi connectivity index (χ0) is 46.9. The highest BCUT2D eigenvalue weighted by Gasteiger charge is 2.50. The molecule has 0 aliphatic carbocycles. The van der Waals surface area contributed by atoms with Crippen molar-refractivity contribution in [2.45, 2.75) is 36.8 Å². The van der Waals surface area contributed by atoms with E-state index in [9.17, 15) is 86.2 Å². The van der Waals surface area contributed by atoms with E-state index in [0.717, 1.165) is 66.7 Å². The number of carbonyl (C=O) groups excluding carboxylic acids is 2. The Hall–Kier alpha value is -9.14. The molecule has 0 aromatic heterocycles. The summed E-state index contributed by atoms with van der Waals surface area (Å²) in [6.45, 7) is 0. The minimum absolute atomic E-state index is 0.0167. The molecule has 65 heavy (non-hydrogen) atoms. The van der Waals surface area contributed by atoms with Crippen LogP contribution in [0.5, 0.6) is 97.7 Å². The molecule has 2 aliphatic rings. The lowest BCUT2D eigenvalue weighted by Gasteiger charge is -2.42. The Morgan fingerprint density at radius 3 is 1.52 bits per heavy atom. The lowest BCUT2D eigenvalue weighted by Crippen LogP contribution is -2.40. The highest BCUT2D eigenvalue weighted by atomic mass is 16.6. The summed E-state index contributed by atoms with van der Waals surface area (Å²) >= 11 is 0. The Balaban J connectivity index is 1.35. The maximum Gasteiger partial charge on any atom is 0.338 e. The third-order valence-corrected chi connectivity index (χ3v) is 10.8. The number of carbonyl (C=O) groups is 2. The smallest absolute Gasteiger partial charge is 0.338 e. The molecule has 8 rings (SSSR count). The van der Waals surface area contributed by atoms with Gasteiger partial charge >= 0.3 is 11.9 Å². The van der Waals surface area contributed by atoms with Crippen molar-refractivity contribution < 1.29 is 105 Å². The number of hydrogen-bond donors (Lipinski definition) is 15.